The summed E-state index contributed by atoms with van der Waals surface area (Å²) in [6, 6.07) is 7.30. The molecular weight excluding hydrogens is 178 g/mol. The smallest absolute Gasteiger partial charge is 0.155 e. The van der Waals surface area contributed by atoms with Crippen LogP contribution in [0.25, 0.3) is 5.82 Å². The molecule has 0 saturated carbocycles. The topological polar surface area (TPSA) is 68.8 Å². The number of nitrogens with two attached hydrogens (primary N) is 1. The SMILES string of the molecule is CNc1ccn(-c2cccc(N)n2)n1. The van der Waals surface area contributed by atoms with Crippen LogP contribution in [0.5, 0.6) is 0 Å². The molecule has 5 nitrogen and oxygen atoms in total. The van der Waals surface area contributed by atoms with Crippen molar-refractivity contribution in [3.8, 4) is 5.82 Å². The van der Waals surface area contributed by atoms with E-state index in [1.807, 2.05) is 31.4 Å². The molecule has 2 rings (SSSR count). The van der Waals surface area contributed by atoms with Crippen molar-refractivity contribution in [1.29, 1.82) is 0 Å². The lowest BCUT2D eigenvalue weighted by atomic mass is 10.4. The Morgan fingerprint density at radius 3 is 2.86 bits per heavy atom. The molecule has 5 heteroatoms. The van der Waals surface area contributed by atoms with Crippen molar-refractivity contribution in [2.75, 3.05) is 18.1 Å². The van der Waals surface area contributed by atoms with Crippen LogP contribution in [0.4, 0.5) is 11.6 Å². The van der Waals surface area contributed by atoms with Gasteiger partial charge >= 0.3 is 0 Å². The van der Waals surface area contributed by atoms with Gasteiger partial charge in [0.1, 0.15) is 11.6 Å². The molecule has 0 unspecified atom stereocenters. The van der Waals surface area contributed by atoms with Gasteiger partial charge in [-0.2, -0.15) is 0 Å². The van der Waals surface area contributed by atoms with Crippen LogP contribution in [-0.4, -0.2) is 21.8 Å². The normalized spacial score (nSPS) is 10.1. The third-order valence-corrected chi connectivity index (χ3v) is 1.84. The maximum Gasteiger partial charge on any atom is 0.155 e. The Labute approximate surface area is 81.6 Å². The Kier molecular flexibility index (Phi) is 2.06. The van der Waals surface area contributed by atoms with Crippen molar-refractivity contribution in [3.05, 3.63) is 30.5 Å². The number of nitrogens with one attached hydrogen (secondary N) is 1. The van der Waals surface area contributed by atoms with Crippen LogP contribution in [0.1, 0.15) is 0 Å². The van der Waals surface area contributed by atoms with Crippen LogP contribution in [0, 0.1) is 0 Å². The van der Waals surface area contributed by atoms with Crippen molar-refractivity contribution >= 4 is 11.6 Å². The fourth-order valence-electron chi connectivity index (χ4n) is 1.15. The third-order valence-electron chi connectivity index (χ3n) is 1.84. The Bertz CT molecular complexity index is 434. The first-order valence-corrected chi connectivity index (χ1v) is 4.26. The van der Waals surface area contributed by atoms with Gasteiger partial charge in [-0.3, -0.25) is 0 Å². The lowest BCUT2D eigenvalue weighted by Crippen LogP contribution is -2.01. The van der Waals surface area contributed by atoms with Crippen LogP contribution in [0.3, 0.4) is 0 Å². The molecule has 2 aromatic heterocycles. The molecule has 72 valence electrons. The fraction of sp³-hybridized carbons (Fsp3) is 0.111. The van der Waals surface area contributed by atoms with E-state index in [1.165, 1.54) is 0 Å². The highest BCUT2D eigenvalue weighted by Gasteiger charge is 2.00. The van der Waals surface area contributed by atoms with Gasteiger partial charge in [-0.1, -0.05) is 6.07 Å². The van der Waals surface area contributed by atoms with Gasteiger partial charge in [0, 0.05) is 19.3 Å². The standard InChI is InChI=1S/C9H11N5/c1-11-8-5-6-14(13-8)9-4-2-3-7(10)12-9/h2-6H,1H3,(H2,10,12)(H,11,13). The molecule has 0 amide bonds. The predicted octanol–water partition coefficient (Wildman–Crippen LogP) is 0.891. The van der Waals surface area contributed by atoms with Crippen LogP contribution in [0.15, 0.2) is 30.5 Å². The molecule has 0 atom stereocenters. The predicted molar refractivity (Wildman–Crippen MR) is 55.3 cm³/mol. The Morgan fingerprint density at radius 1 is 1.36 bits per heavy atom. The zero-order valence-electron chi connectivity index (χ0n) is 7.81. The van der Waals surface area contributed by atoms with E-state index in [4.69, 9.17) is 5.73 Å². The summed E-state index contributed by atoms with van der Waals surface area (Å²) in [6.07, 6.45) is 1.83. The minimum Gasteiger partial charge on any atom is -0.384 e. The van der Waals surface area contributed by atoms with Crippen molar-refractivity contribution in [2.45, 2.75) is 0 Å². The largest absolute Gasteiger partial charge is 0.384 e. The molecule has 0 aromatic carbocycles. The molecule has 3 N–H and O–H groups in total. The number of aromatic nitrogens is 3. The molecule has 0 spiro atoms. The average molecular weight is 189 g/mol. The molecule has 0 radical (unpaired) electrons. The van der Waals surface area contributed by atoms with E-state index in [-0.39, 0.29) is 0 Å². The molecule has 0 fully saturated rings. The molecule has 0 saturated heterocycles. The fourth-order valence-corrected chi connectivity index (χ4v) is 1.15. The van der Waals surface area contributed by atoms with Crippen molar-refractivity contribution in [3.63, 3.8) is 0 Å². The summed E-state index contributed by atoms with van der Waals surface area (Å²) in [6.45, 7) is 0. The Balaban J connectivity index is 2.39. The molecule has 2 heterocycles. The van der Waals surface area contributed by atoms with Gasteiger partial charge in [0.25, 0.3) is 0 Å². The third kappa shape index (κ3) is 1.52. The van der Waals surface area contributed by atoms with E-state index >= 15 is 0 Å². The second-order valence-corrected chi connectivity index (χ2v) is 2.82. The average Bonchev–Trinajstić information content (AvgIpc) is 2.66. The van der Waals surface area contributed by atoms with Crippen LogP contribution < -0.4 is 11.1 Å². The minimum absolute atomic E-state index is 0.490. The molecular formula is C9H11N5. The van der Waals surface area contributed by atoms with Crippen molar-refractivity contribution in [2.24, 2.45) is 0 Å². The highest BCUT2D eigenvalue weighted by molar-refractivity contribution is 5.38. The molecule has 0 aliphatic carbocycles. The summed E-state index contributed by atoms with van der Waals surface area (Å²) in [5.41, 5.74) is 5.57. The summed E-state index contributed by atoms with van der Waals surface area (Å²) in [7, 11) is 1.82. The Morgan fingerprint density at radius 2 is 2.21 bits per heavy atom. The zero-order valence-corrected chi connectivity index (χ0v) is 7.81. The van der Waals surface area contributed by atoms with E-state index in [2.05, 4.69) is 15.4 Å². The molecule has 14 heavy (non-hydrogen) atoms. The molecule has 0 bridgehead atoms. The second kappa shape index (κ2) is 3.37. The minimum atomic E-state index is 0.490. The Hall–Kier alpha value is -2.04. The number of hydrogen-bond acceptors (Lipinski definition) is 4. The zero-order chi connectivity index (χ0) is 9.97. The number of rotatable bonds is 2. The van der Waals surface area contributed by atoms with Crippen LogP contribution in [-0.2, 0) is 0 Å². The lowest BCUT2D eigenvalue weighted by Gasteiger charge is -2.00. The summed E-state index contributed by atoms with van der Waals surface area (Å²) in [5.74, 6) is 2.00. The lowest BCUT2D eigenvalue weighted by molar-refractivity contribution is 0.851. The van der Waals surface area contributed by atoms with Gasteiger partial charge in [0.15, 0.2) is 5.82 Å². The quantitative estimate of drug-likeness (QED) is 0.736. The van der Waals surface area contributed by atoms with E-state index in [0.29, 0.717) is 11.6 Å². The number of hydrogen-bond donors (Lipinski definition) is 2. The van der Waals surface area contributed by atoms with Gasteiger partial charge in [0.2, 0.25) is 0 Å². The van der Waals surface area contributed by atoms with Gasteiger partial charge in [0.05, 0.1) is 0 Å². The van der Waals surface area contributed by atoms with Gasteiger partial charge in [-0.05, 0) is 12.1 Å². The van der Waals surface area contributed by atoms with E-state index in [1.54, 1.807) is 10.7 Å². The molecule has 2 aromatic rings. The van der Waals surface area contributed by atoms with Crippen molar-refractivity contribution < 1.29 is 0 Å². The van der Waals surface area contributed by atoms with Crippen molar-refractivity contribution in [1.82, 2.24) is 14.8 Å². The highest BCUT2D eigenvalue weighted by atomic mass is 15.3. The maximum absolute atomic E-state index is 5.57. The maximum atomic E-state index is 5.57. The van der Waals surface area contributed by atoms with Gasteiger partial charge in [-0.15, -0.1) is 5.10 Å². The van der Waals surface area contributed by atoms with Gasteiger partial charge < -0.3 is 11.1 Å². The number of nitrogens with zero attached hydrogens (tertiary/aromatic N) is 3. The molecule has 0 aliphatic heterocycles. The summed E-state index contributed by atoms with van der Waals surface area (Å²) < 4.78 is 1.67. The van der Waals surface area contributed by atoms with Crippen LogP contribution >= 0.6 is 0 Å². The van der Waals surface area contributed by atoms with E-state index in [0.717, 1.165) is 5.82 Å². The van der Waals surface area contributed by atoms with Gasteiger partial charge in [-0.25, -0.2) is 9.67 Å². The summed E-state index contributed by atoms with van der Waals surface area (Å²) >= 11 is 0. The second-order valence-electron chi connectivity index (χ2n) is 2.82. The highest BCUT2D eigenvalue weighted by Crippen LogP contribution is 2.08. The van der Waals surface area contributed by atoms with E-state index in [9.17, 15) is 0 Å². The number of pyridine rings is 1. The number of nitrogen functional groups attached to an aromatic ring is 1. The monoisotopic (exact) mass is 189 g/mol. The van der Waals surface area contributed by atoms with Crippen LogP contribution in [0.2, 0.25) is 0 Å². The summed E-state index contributed by atoms with van der Waals surface area (Å²) in [4.78, 5) is 4.14. The molecule has 0 aliphatic rings. The first-order valence-electron chi connectivity index (χ1n) is 4.26. The number of anilines is 2. The van der Waals surface area contributed by atoms with E-state index < -0.39 is 0 Å². The first-order chi connectivity index (χ1) is 6.79. The summed E-state index contributed by atoms with van der Waals surface area (Å²) in [5, 5.41) is 7.17. The first kappa shape index (κ1) is 8.55.